The minimum absolute atomic E-state index is 0.00853. The molecule has 0 bridgehead atoms. The van der Waals surface area contributed by atoms with Crippen LogP contribution in [0.5, 0.6) is 0 Å². The highest BCUT2D eigenvalue weighted by Crippen LogP contribution is 2.24. The molecule has 1 fully saturated rings. The van der Waals surface area contributed by atoms with Crippen molar-refractivity contribution in [1.82, 2.24) is 14.7 Å². The van der Waals surface area contributed by atoms with Gasteiger partial charge in [0.2, 0.25) is 0 Å². The lowest BCUT2D eigenvalue weighted by Gasteiger charge is -2.23. The molecule has 4 heteroatoms. The topological polar surface area (TPSA) is 46.4 Å². The number of hydrogen-bond acceptors (Lipinski definition) is 3. The van der Waals surface area contributed by atoms with Gasteiger partial charge < -0.3 is 5.32 Å². The zero-order valence-corrected chi connectivity index (χ0v) is 9.60. The molecule has 0 radical (unpaired) electrons. The summed E-state index contributed by atoms with van der Waals surface area (Å²) in [6.45, 7) is 2.12. The lowest BCUT2D eigenvalue weighted by atomic mass is 9.91. The van der Waals surface area contributed by atoms with Gasteiger partial charge in [-0.3, -0.25) is 9.20 Å². The molecule has 17 heavy (non-hydrogen) atoms. The van der Waals surface area contributed by atoms with E-state index in [1.807, 2.05) is 12.3 Å². The van der Waals surface area contributed by atoms with E-state index in [4.69, 9.17) is 0 Å². The molecule has 0 unspecified atom stereocenters. The number of nitrogens with one attached hydrogen (secondary N) is 1. The molecule has 1 N–H and O–H groups in total. The van der Waals surface area contributed by atoms with Crippen molar-refractivity contribution in [3.63, 3.8) is 0 Å². The van der Waals surface area contributed by atoms with Gasteiger partial charge in [-0.25, -0.2) is 4.98 Å². The van der Waals surface area contributed by atoms with Gasteiger partial charge in [0.15, 0.2) is 0 Å². The highest BCUT2D eigenvalue weighted by molar-refractivity contribution is 5.39. The van der Waals surface area contributed by atoms with Gasteiger partial charge in [-0.05, 0) is 43.5 Å². The fourth-order valence-corrected chi connectivity index (χ4v) is 2.45. The van der Waals surface area contributed by atoms with Crippen LogP contribution in [0.2, 0.25) is 0 Å². The van der Waals surface area contributed by atoms with Crippen LogP contribution in [0.3, 0.4) is 0 Å². The minimum atomic E-state index is -0.00853. The maximum Gasteiger partial charge on any atom is 0.257 e. The quantitative estimate of drug-likeness (QED) is 0.798. The van der Waals surface area contributed by atoms with Crippen LogP contribution in [0, 0.1) is 0 Å². The molecule has 3 heterocycles. The van der Waals surface area contributed by atoms with Crippen molar-refractivity contribution in [1.29, 1.82) is 0 Å². The molecule has 88 valence electrons. The van der Waals surface area contributed by atoms with Gasteiger partial charge in [-0.15, -0.1) is 0 Å². The molecule has 0 atom stereocenters. The molecule has 0 amide bonds. The maximum absolute atomic E-state index is 11.7. The number of fused-ring (bicyclic) bond motifs is 1. The Hall–Kier alpha value is -1.68. The summed E-state index contributed by atoms with van der Waals surface area (Å²) in [5, 5.41) is 3.35. The van der Waals surface area contributed by atoms with E-state index >= 15 is 0 Å². The summed E-state index contributed by atoms with van der Waals surface area (Å²) in [7, 11) is 0. The second-order valence-corrected chi connectivity index (χ2v) is 4.50. The normalized spacial score (nSPS) is 17.4. The van der Waals surface area contributed by atoms with E-state index in [0.717, 1.165) is 31.6 Å². The summed E-state index contributed by atoms with van der Waals surface area (Å²) < 4.78 is 1.64. The van der Waals surface area contributed by atoms with Gasteiger partial charge in [0.05, 0.1) is 0 Å². The molecule has 0 aromatic carbocycles. The van der Waals surface area contributed by atoms with Crippen LogP contribution in [0.1, 0.15) is 24.3 Å². The van der Waals surface area contributed by atoms with Crippen molar-refractivity contribution in [3.05, 3.63) is 46.5 Å². The van der Waals surface area contributed by atoms with Crippen LogP contribution in [0.4, 0.5) is 0 Å². The Balaban J connectivity index is 2.06. The molecule has 3 rings (SSSR count). The van der Waals surface area contributed by atoms with Gasteiger partial charge in [-0.1, -0.05) is 6.07 Å². The molecular weight excluding hydrogens is 214 g/mol. The first-order valence-electron chi connectivity index (χ1n) is 6.02. The fourth-order valence-electron chi connectivity index (χ4n) is 2.45. The van der Waals surface area contributed by atoms with E-state index in [1.54, 1.807) is 10.6 Å². The number of rotatable bonds is 1. The summed E-state index contributed by atoms with van der Waals surface area (Å²) in [6.07, 6.45) is 5.78. The van der Waals surface area contributed by atoms with Crippen molar-refractivity contribution in [2.45, 2.75) is 18.8 Å². The summed E-state index contributed by atoms with van der Waals surface area (Å²) in [5.41, 5.74) is 1.95. The molecular formula is C13H15N3O. The Morgan fingerprint density at radius 1 is 1.24 bits per heavy atom. The molecule has 0 aliphatic carbocycles. The van der Waals surface area contributed by atoms with Crippen LogP contribution < -0.4 is 10.9 Å². The van der Waals surface area contributed by atoms with E-state index in [0.29, 0.717) is 5.92 Å². The van der Waals surface area contributed by atoms with E-state index in [9.17, 15) is 4.79 Å². The number of aromatic nitrogens is 2. The Bertz CT molecular complexity index is 584. The summed E-state index contributed by atoms with van der Waals surface area (Å²) in [4.78, 5) is 15.9. The Morgan fingerprint density at radius 3 is 2.88 bits per heavy atom. The first kappa shape index (κ1) is 10.5. The minimum Gasteiger partial charge on any atom is -0.317 e. The van der Waals surface area contributed by atoms with Crippen LogP contribution in [0.25, 0.3) is 5.65 Å². The number of pyridine rings is 1. The van der Waals surface area contributed by atoms with Crippen molar-refractivity contribution in [3.8, 4) is 0 Å². The van der Waals surface area contributed by atoms with Crippen molar-refractivity contribution >= 4 is 5.65 Å². The Kier molecular flexibility index (Phi) is 2.65. The van der Waals surface area contributed by atoms with Crippen molar-refractivity contribution < 1.29 is 0 Å². The average molecular weight is 229 g/mol. The third-order valence-corrected chi connectivity index (χ3v) is 3.42. The third-order valence-electron chi connectivity index (χ3n) is 3.42. The molecule has 4 nitrogen and oxygen atoms in total. The fraction of sp³-hybridized carbons (Fsp3) is 0.385. The summed E-state index contributed by atoms with van der Waals surface area (Å²) in [6, 6.07) is 5.52. The van der Waals surface area contributed by atoms with Gasteiger partial charge in [0.25, 0.3) is 5.56 Å². The number of nitrogens with zero attached hydrogens (tertiary/aromatic N) is 2. The van der Waals surface area contributed by atoms with Gasteiger partial charge in [0, 0.05) is 18.5 Å². The number of piperidine rings is 1. The Morgan fingerprint density at radius 2 is 2.06 bits per heavy atom. The predicted molar refractivity (Wildman–Crippen MR) is 66.3 cm³/mol. The van der Waals surface area contributed by atoms with E-state index in [2.05, 4.69) is 16.4 Å². The lowest BCUT2D eigenvalue weighted by molar-refractivity contribution is 0.459. The molecule has 1 aliphatic heterocycles. The molecule has 0 spiro atoms. The zero-order valence-electron chi connectivity index (χ0n) is 9.60. The van der Waals surface area contributed by atoms with E-state index < -0.39 is 0 Å². The summed E-state index contributed by atoms with van der Waals surface area (Å²) in [5.74, 6) is 0.563. The second kappa shape index (κ2) is 4.30. The third kappa shape index (κ3) is 1.96. The largest absolute Gasteiger partial charge is 0.317 e. The van der Waals surface area contributed by atoms with Gasteiger partial charge in [-0.2, -0.15) is 0 Å². The predicted octanol–water partition coefficient (Wildman–Crippen LogP) is 1.16. The van der Waals surface area contributed by atoms with Crippen LogP contribution >= 0.6 is 0 Å². The molecule has 1 saturated heterocycles. The van der Waals surface area contributed by atoms with Crippen LogP contribution in [-0.4, -0.2) is 22.5 Å². The van der Waals surface area contributed by atoms with Crippen molar-refractivity contribution in [2.24, 2.45) is 0 Å². The second-order valence-electron chi connectivity index (χ2n) is 4.50. The van der Waals surface area contributed by atoms with Crippen molar-refractivity contribution in [2.75, 3.05) is 13.1 Å². The number of hydrogen-bond donors (Lipinski definition) is 1. The van der Waals surface area contributed by atoms with Gasteiger partial charge in [0.1, 0.15) is 5.65 Å². The highest BCUT2D eigenvalue weighted by Gasteiger charge is 2.15. The monoisotopic (exact) mass is 229 g/mol. The SMILES string of the molecule is O=c1ccnc2ccc(C3CCNCC3)cn12. The smallest absolute Gasteiger partial charge is 0.257 e. The average Bonchev–Trinajstić information content (AvgIpc) is 2.40. The van der Waals surface area contributed by atoms with Crippen LogP contribution in [0.15, 0.2) is 35.4 Å². The Labute approximate surface area is 99.3 Å². The first-order valence-corrected chi connectivity index (χ1v) is 6.02. The lowest BCUT2D eigenvalue weighted by Crippen LogP contribution is -2.27. The summed E-state index contributed by atoms with van der Waals surface area (Å²) >= 11 is 0. The van der Waals surface area contributed by atoms with Crippen LogP contribution in [-0.2, 0) is 0 Å². The van der Waals surface area contributed by atoms with Gasteiger partial charge >= 0.3 is 0 Å². The maximum atomic E-state index is 11.7. The zero-order chi connectivity index (χ0) is 11.7. The molecule has 0 saturated carbocycles. The first-order chi connectivity index (χ1) is 8.34. The molecule has 1 aliphatic rings. The highest BCUT2D eigenvalue weighted by atomic mass is 16.1. The standard InChI is InChI=1S/C13H15N3O/c17-13-5-8-15-12-2-1-11(9-16(12)13)10-3-6-14-7-4-10/h1-2,5,8-10,14H,3-4,6-7H2. The van der Waals surface area contributed by atoms with E-state index in [1.165, 1.54) is 11.6 Å². The van der Waals surface area contributed by atoms with E-state index in [-0.39, 0.29) is 5.56 Å². The molecule has 2 aromatic rings. The molecule has 2 aromatic heterocycles.